The first-order valence-corrected chi connectivity index (χ1v) is 15.4. The van der Waals surface area contributed by atoms with E-state index in [4.69, 9.17) is 9.84 Å². The van der Waals surface area contributed by atoms with Crippen LogP contribution >= 0.6 is 0 Å². The molecule has 0 spiro atoms. The van der Waals surface area contributed by atoms with Crippen molar-refractivity contribution in [2.75, 3.05) is 18.1 Å². The highest BCUT2D eigenvalue weighted by atomic mass is 16.5. The van der Waals surface area contributed by atoms with Crippen molar-refractivity contribution in [2.45, 2.75) is 121 Å². The molecule has 2 N–H and O–H groups in total. The van der Waals surface area contributed by atoms with Gasteiger partial charge < -0.3 is 19.8 Å². The highest BCUT2D eigenvalue weighted by molar-refractivity contribution is 5.95. The molecule has 5 rings (SSSR count). The predicted molar refractivity (Wildman–Crippen MR) is 152 cm³/mol. The summed E-state index contributed by atoms with van der Waals surface area (Å²) >= 11 is 0. The third kappa shape index (κ3) is 6.24. The summed E-state index contributed by atoms with van der Waals surface area (Å²) in [5.74, 6) is -0.827. The maximum atomic E-state index is 14.2. The second-order valence-corrected chi connectivity index (χ2v) is 12.3. The topological polar surface area (TPSA) is 111 Å². The molecule has 0 radical (unpaired) electrons. The van der Waals surface area contributed by atoms with E-state index in [1.165, 1.54) is 49.8 Å². The van der Waals surface area contributed by atoms with Gasteiger partial charge in [-0.25, -0.2) is 14.4 Å². The Hall–Kier alpha value is -2.81. The molecule has 1 aliphatic carbocycles. The third-order valence-electron chi connectivity index (χ3n) is 9.69. The fourth-order valence-electron chi connectivity index (χ4n) is 8.14. The number of anilines is 1. The largest absolute Gasteiger partial charge is 0.482 e. The van der Waals surface area contributed by atoms with E-state index in [1.54, 1.807) is 18.2 Å². The van der Waals surface area contributed by atoms with E-state index in [1.807, 2.05) is 11.0 Å². The summed E-state index contributed by atoms with van der Waals surface area (Å²) in [4.78, 5) is 43.5. The molecule has 40 heavy (non-hydrogen) atoms. The number of ether oxygens (including phenoxy) is 1. The number of fused-ring (bicyclic) bond motifs is 2. The van der Waals surface area contributed by atoms with Gasteiger partial charge in [0, 0.05) is 42.5 Å². The molecule has 1 aromatic rings. The van der Waals surface area contributed by atoms with E-state index in [2.05, 4.69) is 11.8 Å². The van der Waals surface area contributed by atoms with E-state index in [0.29, 0.717) is 48.9 Å². The summed E-state index contributed by atoms with van der Waals surface area (Å²) in [5, 5.41) is 18.9. The zero-order valence-electron chi connectivity index (χ0n) is 23.7. The molecule has 1 aromatic carbocycles. The number of carbonyl (C=O) groups excluding carboxylic acids is 1. The van der Waals surface area contributed by atoms with Crippen molar-refractivity contribution >= 4 is 23.7 Å². The monoisotopic (exact) mass is 555 g/mol. The lowest BCUT2D eigenvalue weighted by Crippen LogP contribution is -2.62. The Balaban J connectivity index is 1.42. The second-order valence-electron chi connectivity index (χ2n) is 12.3. The minimum absolute atomic E-state index is 0.0566. The van der Waals surface area contributed by atoms with Crippen LogP contribution in [0.1, 0.15) is 90.4 Å². The number of aliphatic carboxylic acids is 2. The van der Waals surface area contributed by atoms with Crippen LogP contribution in [0.4, 0.5) is 10.5 Å². The Morgan fingerprint density at radius 1 is 0.950 bits per heavy atom. The number of carbonyl (C=O) groups is 3. The molecule has 3 heterocycles. The number of hydrogen-bond acceptors (Lipinski definition) is 5. The number of amides is 2. The molecular formula is C31H45N3O6. The van der Waals surface area contributed by atoms with Gasteiger partial charge in [0.05, 0.1) is 0 Å². The van der Waals surface area contributed by atoms with Crippen molar-refractivity contribution in [3.8, 4) is 5.75 Å². The minimum Gasteiger partial charge on any atom is -0.482 e. The molecule has 3 saturated heterocycles. The van der Waals surface area contributed by atoms with Gasteiger partial charge in [-0.3, -0.25) is 9.80 Å². The summed E-state index contributed by atoms with van der Waals surface area (Å²) < 4.78 is 5.46. The van der Waals surface area contributed by atoms with Crippen LogP contribution in [0.2, 0.25) is 0 Å². The van der Waals surface area contributed by atoms with Crippen LogP contribution in [0.15, 0.2) is 24.3 Å². The second kappa shape index (κ2) is 12.8. The quantitative estimate of drug-likeness (QED) is 0.421. The Bertz CT molecular complexity index is 1050. The van der Waals surface area contributed by atoms with Crippen molar-refractivity contribution in [1.29, 1.82) is 0 Å². The SMILES string of the molecule is CCC[C@@H]1CCC[C@@H](N2[C@@H]3CCC[C@H]2C[C@@H](N(C(=O)N2CCC[C@@H]2C(=O)O)c2cccc(OCC(=O)O)c2)C3)C1. The molecule has 9 nitrogen and oxygen atoms in total. The molecule has 220 valence electrons. The normalized spacial score (nSPS) is 30.6. The highest BCUT2D eigenvalue weighted by Gasteiger charge is 2.47. The molecule has 9 heteroatoms. The molecule has 1 saturated carbocycles. The average Bonchev–Trinajstić information content (AvgIpc) is 3.43. The van der Waals surface area contributed by atoms with Crippen LogP contribution in [0.3, 0.4) is 0 Å². The number of piperidine rings is 2. The van der Waals surface area contributed by atoms with Gasteiger partial charge in [0.1, 0.15) is 11.8 Å². The van der Waals surface area contributed by atoms with Crippen LogP contribution in [-0.4, -0.2) is 81.3 Å². The van der Waals surface area contributed by atoms with Crippen LogP contribution in [0.5, 0.6) is 5.75 Å². The molecule has 2 bridgehead atoms. The first-order valence-electron chi connectivity index (χ1n) is 15.4. The molecule has 0 aromatic heterocycles. The number of nitrogens with zero attached hydrogens (tertiary/aromatic N) is 3. The summed E-state index contributed by atoms with van der Waals surface area (Å²) in [6.45, 7) is 2.24. The molecule has 0 unspecified atom stereocenters. The highest BCUT2D eigenvalue weighted by Crippen LogP contribution is 2.43. The Morgan fingerprint density at radius 2 is 1.65 bits per heavy atom. The van der Waals surface area contributed by atoms with Crippen molar-refractivity contribution in [1.82, 2.24) is 9.80 Å². The molecule has 2 amide bonds. The summed E-state index contributed by atoms with van der Waals surface area (Å²) in [7, 11) is 0. The van der Waals surface area contributed by atoms with Crippen LogP contribution in [0.25, 0.3) is 0 Å². The number of likely N-dealkylation sites (tertiary alicyclic amines) is 1. The summed E-state index contributed by atoms with van der Waals surface area (Å²) in [5.41, 5.74) is 0.640. The molecule has 3 aliphatic heterocycles. The smallest absolute Gasteiger partial charge is 0.341 e. The van der Waals surface area contributed by atoms with Gasteiger partial charge in [0.2, 0.25) is 0 Å². The van der Waals surface area contributed by atoms with E-state index in [9.17, 15) is 19.5 Å². The number of carboxylic acids is 2. The summed E-state index contributed by atoms with van der Waals surface area (Å²) in [6, 6.07) is 7.36. The lowest BCUT2D eigenvalue weighted by molar-refractivity contribution is -0.141. The molecule has 6 atom stereocenters. The molecule has 4 aliphatic rings. The zero-order valence-corrected chi connectivity index (χ0v) is 23.7. The summed E-state index contributed by atoms with van der Waals surface area (Å²) in [6.07, 6.45) is 14.1. The van der Waals surface area contributed by atoms with Gasteiger partial charge in [-0.2, -0.15) is 0 Å². The molecule has 4 fully saturated rings. The van der Waals surface area contributed by atoms with Gasteiger partial charge in [-0.15, -0.1) is 0 Å². The average molecular weight is 556 g/mol. The van der Waals surface area contributed by atoms with Gasteiger partial charge in [-0.05, 0) is 69.4 Å². The lowest BCUT2D eigenvalue weighted by atomic mass is 9.75. The number of benzene rings is 1. The van der Waals surface area contributed by atoms with Crippen LogP contribution in [-0.2, 0) is 9.59 Å². The maximum Gasteiger partial charge on any atom is 0.341 e. The van der Waals surface area contributed by atoms with E-state index >= 15 is 0 Å². The number of urea groups is 1. The first kappa shape index (κ1) is 28.7. The Morgan fingerprint density at radius 3 is 2.33 bits per heavy atom. The maximum absolute atomic E-state index is 14.2. The Kier molecular flexibility index (Phi) is 9.18. The fraction of sp³-hybridized carbons (Fsp3) is 0.710. The lowest BCUT2D eigenvalue weighted by Gasteiger charge is -2.55. The standard InChI is InChI=1S/C31H45N3O6/c1-2-7-21-8-3-9-22(16-21)33-23-10-4-11-24(33)18-26(17-23)34(31(39)32-15-6-14-28(32)30(37)38)25-12-5-13-27(19-25)40-20-29(35)36/h5,12-13,19,21-24,26,28H,2-4,6-11,14-18,20H2,1H3,(H,35,36)(H,37,38)/t21-,22-,23-,24+,26+,28-/m1/s1. The number of carboxylic acid groups (broad SMARTS) is 2. The van der Waals surface area contributed by atoms with Crippen molar-refractivity contribution in [2.24, 2.45) is 5.92 Å². The first-order chi connectivity index (χ1) is 19.4. The van der Waals surface area contributed by atoms with Gasteiger partial charge >= 0.3 is 18.0 Å². The van der Waals surface area contributed by atoms with Gasteiger partial charge in [0.15, 0.2) is 6.61 Å². The minimum atomic E-state index is -1.07. The number of hydrogen-bond donors (Lipinski definition) is 2. The predicted octanol–water partition coefficient (Wildman–Crippen LogP) is 5.37. The van der Waals surface area contributed by atoms with Gasteiger partial charge in [0.25, 0.3) is 0 Å². The number of rotatable bonds is 9. The van der Waals surface area contributed by atoms with Crippen LogP contribution < -0.4 is 9.64 Å². The zero-order chi connectivity index (χ0) is 28.2. The van der Waals surface area contributed by atoms with E-state index in [0.717, 1.165) is 31.6 Å². The fourth-order valence-corrected chi connectivity index (χ4v) is 8.14. The third-order valence-corrected chi connectivity index (χ3v) is 9.69. The molecular weight excluding hydrogens is 510 g/mol. The van der Waals surface area contributed by atoms with Crippen molar-refractivity contribution in [3.05, 3.63) is 24.3 Å². The van der Waals surface area contributed by atoms with Crippen LogP contribution in [0, 0.1) is 5.92 Å². The Labute approximate surface area is 237 Å². The van der Waals surface area contributed by atoms with Crippen molar-refractivity contribution in [3.63, 3.8) is 0 Å². The van der Waals surface area contributed by atoms with Crippen molar-refractivity contribution < 1.29 is 29.3 Å². The van der Waals surface area contributed by atoms with Gasteiger partial charge in [-0.1, -0.05) is 45.1 Å². The van der Waals surface area contributed by atoms with E-state index in [-0.39, 0.29) is 12.1 Å². The van der Waals surface area contributed by atoms with E-state index < -0.39 is 24.6 Å².